The van der Waals surface area contributed by atoms with Gasteiger partial charge in [0.25, 0.3) is 0 Å². The highest BCUT2D eigenvalue weighted by molar-refractivity contribution is 7.00. The number of nitrogens with zero attached hydrogens (tertiary/aromatic N) is 2. The molecule has 1 aromatic heterocycles. The predicted octanol–water partition coefficient (Wildman–Crippen LogP) is 6.29. The first kappa shape index (κ1) is 20.5. The van der Waals surface area contributed by atoms with Crippen LogP contribution in [0.4, 0.5) is 33.7 Å². The molecule has 4 rings (SSSR count). The molecule has 0 fully saturated rings. The number of alkyl halides is 3. The number of carbonyl (C=O) groups is 1. The molecule has 158 valence electrons. The lowest BCUT2D eigenvalue weighted by Gasteiger charge is -2.12. The van der Waals surface area contributed by atoms with E-state index in [2.05, 4.69) is 19.4 Å². The zero-order chi connectivity index (χ0) is 22.0. The van der Waals surface area contributed by atoms with Crippen molar-refractivity contribution < 1.29 is 27.1 Å². The molecule has 0 aliphatic carbocycles. The van der Waals surface area contributed by atoms with Crippen molar-refractivity contribution in [2.45, 2.75) is 6.18 Å². The number of fused-ring (bicyclic) bond motifs is 1. The minimum absolute atomic E-state index is 0.330. The maximum absolute atomic E-state index is 13.8. The van der Waals surface area contributed by atoms with E-state index < -0.39 is 29.3 Å². The molecule has 31 heavy (non-hydrogen) atoms. The third-order valence-corrected chi connectivity index (χ3v) is 4.67. The minimum atomic E-state index is -4.66. The van der Waals surface area contributed by atoms with Crippen molar-refractivity contribution in [3.8, 4) is 11.5 Å². The van der Waals surface area contributed by atoms with Gasteiger partial charge in [-0.1, -0.05) is 0 Å². The van der Waals surface area contributed by atoms with Crippen LogP contribution in [-0.2, 0) is 6.18 Å². The Labute approximate surface area is 176 Å². The molecule has 4 aromatic rings. The van der Waals surface area contributed by atoms with E-state index in [9.17, 15) is 22.4 Å². The van der Waals surface area contributed by atoms with Crippen LogP contribution in [0.2, 0.25) is 0 Å². The molecule has 0 spiro atoms. The molecule has 0 atom stereocenters. The van der Waals surface area contributed by atoms with Gasteiger partial charge in [-0.2, -0.15) is 21.9 Å². The summed E-state index contributed by atoms with van der Waals surface area (Å²) in [7, 11) is 0. The number of amides is 2. The Bertz CT molecular complexity index is 1240. The van der Waals surface area contributed by atoms with Gasteiger partial charge in [0.15, 0.2) is 0 Å². The second-order valence-electron chi connectivity index (χ2n) is 6.31. The van der Waals surface area contributed by atoms with E-state index in [0.717, 1.165) is 17.2 Å². The summed E-state index contributed by atoms with van der Waals surface area (Å²) in [6.07, 6.45) is -4.66. The molecule has 0 aliphatic heterocycles. The van der Waals surface area contributed by atoms with Crippen LogP contribution in [0.1, 0.15) is 5.56 Å². The third kappa shape index (κ3) is 4.89. The molecule has 3 aromatic carbocycles. The number of rotatable bonds is 4. The van der Waals surface area contributed by atoms with Gasteiger partial charge in [-0.3, -0.25) is 0 Å². The van der Waals surface area contributed by atoms with Crippen LogP contribution in [0.25, 0.3) is 11.0 Å². The number of benzene rings is 3. The summed E-state index contributed by atoms with van der Waals surface area (Å²) >= 11 is 1.10. The van der Waals surface area contributed by atoms with Gasteiger partial charge in [0.2, 0.25) is 0 Å². The highest BCUT2D eigenvalue weighted by atomic mass is 32.1. The summed E-state index contributed by atoms with van der Waals surface area (Å²) in [6.45, 7) is 0. The molecule has 0 saturated carbocycles. The Morgan fingerprint density at radius 1 is 0.871 bits per heavy atom. The number of aromatic nitrogens is 2. The Hall–Kier alpha value is -3.73. The van der Waals surface area contributed by atoms with E-state index in [0.29, 0.717) is 40.9 Å². The summed E-state index contributed by atoms with van der Waals surface area (Å²) in [5.41, 5.74) is 0.146. The summed E-state index contributed by atoms with van der Waals surface area (Å²) < 4.78 is 66.0. The van der Waals surface area contributed by atoms with E-state index in [-0.39, 0.29) is 0 Å². The molecule has 2 amide bonds. The minimum Gasteiger partial charge on any atom is -0.457 e. The maximum atomic E-state index is 13.8. The Morgan fingerprint density at radius 3 is 2.32 bits per heavy atom. The van der Waals surface area contributed by atoms with Crippen molar-refractivity contribution in [1.29, 1.82) is 0 Å². The molecule has 0 bridgehead atoms. The monoisotopic (exact) mass is 448 g/mol. The summed E-state index contributed by atoms with van der Waals surface area (Å²) in [6, 6.07) is 12.4. The molecule has 0 radical (unpaired) electrons. The van der Waals surface area contributed by atoms with Crippen LogP contribution >= 0.6 is 11.7 Å². The second-order valence-corrected chi connectivity index (χ2v) is 6.84. The summed E-state index contributed by atoms with van der Waals surface area (Å²) in [5.74, 6) is 0.0512. The van der Waals surface area contributed by atoms with Crippen LogP contribution in [-0.4, -0.2) is 14.8 Å². The van der Waals surface area contributed by atoms with Gasteiger partial charge in [-0.15, -0.1) is 0 Å². The molecule has 6 nitrogen and oxygen atoms in total. The number of halogens is 4. The lowest BCUT2D eigenvalue weighted by molar-refractivity contribution is -0.137. The number of carbonyl (C=O) groups excluding carboxylic acids is 1. The van der Waals surface area contributed by atoms with Gasteiger partial charge >= 0.3 is 12.2 Å². The van der Waals surface area contributed by atoms with Crippen LogP contribution in [0, 0.1) is 5.82 Å². The molecular formula is C20H12F4N4O2S. The Morgan fingerprint density at radius 2 is 1.58 bits per heavy atom. The van der Waals surface area contributed by atoms with Crippen molar-refractivity contribution in [1.82, 2.24) is 8.75 Å². The average Bonchev–Trinajstić information content (AvgIpc) is 3.18. The van der Waals surface area contributed by atoms with Crippen molar-refractivity contribution in [3.05, 3.63) is 72.0 Å². The van der Waals surface area contributed by atoms with E-state index in [1.54, 1.807) is 30.3 Å². The number of urea groups is 1. The highest BCUT2D eigenvalue weighted by Crippen LogP contribution is 2.32. The van der Waals surface area contributed by atoms with Gasteiger partial charge in [-0.25, -0.2) is 9.18 Å². The number of hydrogen-bond acceptors (Lipinski definition) is 5. The zero-order valence-corrected chi connectivity index (χ0v) is 16.2. The van der Waals surface area contributed by atoms with Crippen molar-refractivity contribution in [2.75, 3.05) is 10.6 Å². The third-order valence-electron chi connectivity index (χ3n) is 4.11. The molecule has 11 heteroatoms. The number of nitrogens with one attached hydrogen (secondary N) is 2. The number of hydrogen-bond donors (Lipinski definition) is 2. The molecule has 0 saturated heterocycles. The van der Waals surface area contributed by atoms with E-state index in [1.165, 1.54) is 12.1 Å². The van der Waals surface area contributed by atoms with Gasteiger partial charge in [0.05, 0.1) is 23.0 Å². The van der Waals surface area contributed by atoms with E-state index >= 15 is 0 Å². The molecule has 1 heterocycles. The normalized spacial score (nSPS) is 11.4. The van der Waals surface area contributed by atoms with E-state index in [4.69, 9.17) is 4.74 Å². The predicted molar refractivity (Wildman–Crippen MR) is 108 cm³/mol. The summed E-state index contributed by atoms with van der Waals surface area (Å²) in [4.78, 5) is 12.1. The van der Waals surface area contributed by atoms with Crippen molar-refractivity contribution in [3.63, 3.8) is 0 Å². The fraction of sp³-hybridized carbons (Fsp3) is 0.0500. The number of anilines is 2. The van der Waals surface area contributed by atoms with Crippen LogP contribution in [0.15, 0.2) is 60.7 Å². The average molecular weight is 448 g/mol. The SMILES string of the molecule is O=C(Nc1ccc(Oc2ccc3nsnc3c2)cc1)Nc1cc(C(F)(F)F)ccc1F. The molecular weight excluding hydrogens is 436 g/mol. The lowest BCUT2D eigenvalue weighted by Crippen LogP contribution is -2.20. The summed E-state index contributed by atoms with van der Waals surface area (Å²) in [5, 5.41) is 4.49. The lowest BCUT2D eigenvalue weighted by atomic mass is 10.2. The molecule has 0 aliphatic rings. The maximum Gasteiger partial charge on any atom is 0.416 e. The van der Waals surface area contributed by atoms with E-state index in [1.807, 2.05) is 0 Å². The Kier molecular flexibility index (Phi) is 5.42. The standard InChI is InChI=1S/C20H12F4N4O2S/c21-15-7-1-11(20(22,23)24)9-17(15)26-19(29)25-12-2-4-13(5-3-12)30-14-6-8-16-18(10-14)28-31-27-16/h1-10H,(H2,25,26,29). The quantitative estimate of drug-likeness (QED) is 0.360. The fourth-order valence-corrected chi connectivity index (χ4v) is 3.17. The van der Waals surface area contributed by atoms with Gasteiger partial charge in [0.1, 0.15) is 28.3 Å². The molecule has 2 N–H and O–H groups in total. The van der Waals surface area contributed by atoms with Gasteiger partial charge in [-0.05, 0) is 54.6 Å². The van der Waals surface area contributed by atoms with Crippen molar-refractivity contribution in [2.24, 2.45) is 0 Å². The largest absolute Gasteiger partial charge is 0.457 e. The smallest absolute Gasteiger partial charge is 0.416 e. The van der Waals surface area contributed by atoms with Gasteiger partial charge in [0, 0.05) is 11.8 Å². The number of ether oxygens (including phenoxy) is 1. The fourth-order valence-electron chi connectivity index (χ4n) is 2.65. The topological polar surface area (TPSA) is 76.1 Å². The first-order chi connectivity index (χ1) is 14.8. The second kappa shape index (κ2) is 8.19. The zero-order valence-electron chi connectivity index (χ0n) is 15.4. The van der Waals surface area contributed by atoms with Crippen LogP contribution in [0.5, 0.6) is 11.5 Å². The Balaban J connectivity index is 1.40. The van der Waals surface area contributed by atoms with Crippen molar-refractivity contribution >= 4 is 40.2 Å². The van der Waals surface area contributed by atoms with Crippen LogP contribution < -0.4 is 15.4 Å². The highest BCUT2D eigenvalue weighted by Gasteiger charge is 2.31. The first-order valence-corrected chi connectivity index (χ1v) is 9.46. The molecule has 0 unspecified atom stereocenters. The van der Waals surface area contributed by atoms with Crippen LogP contribution in [0.3, 0.4) is 0 Å². The van der Waals surface area contributed by atoms with Gasteiger partial charge < -0.3 is 15.4 Å². The first-order valence-electron chi connectivity index (χ1n) is 8.73.